The molecule has 122 valence electrons. The number of hydrogen-bond donors (Lipinski definition) is 0. The van der Waals surface area contributed by atoms with Crippen LogP contribution in [0.3, 0.4) is 0 Å². The number of carbonyl (C=O) groups excluding carboxylic acids is 1. The molecule has 2 rings (SSSR count). The lowest BCUT2D eigenvalue weighted by Crippen LogP contribution is -2.44. The molecule has 1 heterocycles. The first-order valence-electron chi connectivity index (χ1n) is 6.63. The quantitative estimate of drug-likeness (QED) is 0.669. The van der Waals surface area contributed by atoms with E-state index in [-0.39, 0.29) is 35.0 Å². The van der Waals surface area contributed by atoms with Crippen molar-refractivity contribution in [1.82, 2.24) is 4.90 Å². The lowest BCUT2D eigenvalue weighted by molar-refractivity contribution is -0.184. The summed E-state index contributed by atoms with van der Waals surface area (Å²) in [6.45, 7) is -0.228. The Labute approximate surface area is 132 Å². The van der Waals surface area contributed by atoms with E-state index in [1.54, 1.807) is 0 Å². The van der Waals surface area contributed by atoms with Crippen LogP contribution in [0.5, 0.6) is 0 Å². The predicted molar refractivity (Wildman–Crippen MR) is 73.8 cm³/mol. The largest absolute Gasteiger partial charge is 0.393 e. The van der Waals surface area contributed by atoms with Crippen LogP contribution in [0, 0.1) is 5.92 Å². The average molecular weight is 386 g/mol. The third kappa shape index (κ3) is 3.77. The maximum absolute atomic E-state index is 12.8. The highest BCUT2D eigenvalue weighted by Crippen LogP contribution is 2.34. The fourth-order valence-corrected chi connectivity index (χ4v) is 2.88. The Morgan fingerprint density at radius 1 is 1.32 bits per heavy atom. The van der Waals surface area contributed by atoms with E-state index in [1.807, 2.05) is 0 Å². The molecule has 0 bridgehead atoms. The number of carbonyl (C=O) groups is 1. The van der Waals surface area contributed by atoms with Gasteiger partial charge in [0.1, 0.15) is 0 Å². The van der Waals surface area contributed by atoms with Gasteiger partial charge in [0.25, 0.3) is 12.3 Å². The molecule has 2 nitrogen and oxygen atoms in total. The number of halogens is 6. The van der Waals surface area contributed by atoms with Crippen molar-refractivity contribution in [1.29, 1.82) is 0 Å². The highest BCUT2D eigenvalue weighted by atomic mass is 79.9. The van der Waals surface area contributed by atoms with E-state index in [0.29, 0.717) is 0 Å². The molecule has 1 amide bonds. The molecule has 8 heteroatoms. The van der Waals surface area contributed by atoms with Crippen LogP contribution in [0.15, 0.2) is 22.7 Å². The van der Waals surface area contributed by atoms with Crippen LogP contribution in [0.2, 0.25) is 0 Å². The lowest BCUT2D eigenvalue weighted by atomic mass is 9.96. The minimum atomic E-state index is -4.35. The van der Waals surface area contributed by atoms with Gasteiger partial charge in [-0.1, -0.05) is 15.9 Å². The topological polar surface area (TPSA) is 20.3 Å². The van der Waals surface area contributed by atoms with Crippen molar-refractivity contribution in [3.8, 4) is 0 Å². The first kappa shape index (κ1) is 17.2. The van der Waals surface area contributed by atoms with Gasteiger partial charge < -0.3 is 4.90 Å². The second-order valence-electron chi connectivity index (χ2n) is 5.17. The van der Waals surface area contributed by atoms with Crippen molar-refractivity contribution in [3.05, 3.63) is 33.8 Å². The molecule has 1 unspecified atom stereocenters. The maximum Gasteiger partial charge on any atom is 0.393 e. The van der Waals surface area contributed by atoms with Crippen LogP contribution in [-0.2, 0) is 0 Å². The summed E-state index contributed by atoms with van der Waals surface area (Å²) in [7, 11) is 0. The van der Waals surface area contributed by atoms with Crippen molar-refractivity contribution in [2.45, 2.75) is 25.4 Å². The minimum absolute atomic E-state index is 0.0180. The number of piperidine rings is 1. The van der Waals surface area contributed by atoms with Gasteiger partial charge in [-0.05, 0) is 31.0 Å². The molecule has 1 aliphatic heterocycles. The van der Waals surface area contributed by atoms with Gasteiger partial charge in [-0.3, -0.25) is 4.79 Å². The Morgan fingerprint density at radius 3 is 2.59 bits per heavy atom. The van der Waals surface area contributed by atoms with E-state index in [0.717, 1.165) is 11.0 Å². The zero-order valence-electron chi connectivity index (χ0n) is 11.3. The summed E-state index contributed by atoms with van der Waals surface area (Å²) >= 11 is 2.96. The first-order valence-corrected chi connectivity index (χ1v) is 7.43. The lowest BCUT2D eigenvalue weighted by Gasteiger charge is -2.33. The molecule has 0 aromatic heterocycles. The second-order valence-corrected chi connectivity index (χ2v) is 6.02. The van der Waals surface area contributed by atoms with Crippen molar-refractivity contribution in [3.63, 3.8) is 0 Å². The average Bonchev–Trinajstić information content (AvgIpc) is 2.46. The van der Waals surface area contributed by atoms with Crippen molar-refractivity contribution < 1.29 is 26.7 Å². The summed E-state index contributed by atoms with van der Waals surface area (Å²) in [6.07, 6.45) is -6.90. The summed E-state index contributed by atoms with van der Waals surface area (Å²) in [4.78, 5) is 13.3. The Morgan fingerprint density at radius 2 is 2.00 bits per heavy atom. The molecule has 0 saturated carbocycles. The van der Waals surface area contributed by atoms with E-state index < -0.39 is 31.0 Å². The Hall–Kier alpha value is -1.18. The van der Waals surface area contributed by atoms with Gasteiger partial charge in [0, 0.05) is 28.7 Å². The van der Waals surface area contributed by atoms with E-state index in [1.165, 1.54) is 12.1 Å². The Kier molecular flexibility index (Phi) is 5.09. The van der Waals surface area contributed by atoms with Crippen molar-refractivity contribution in [2.75, 3.05) is 13.1 Å². The number of rotatable bonds is 2. The highest BCUT2D eigenvalue weighted by molar-refractivity contribution is 9.10. The zero-order valence-corrected chi connectivity index (χ0v) is 12.9. The normalized spacial score (nSPS) is 19.6. The van der Waals surface area contributed by atoms with E-state index >= 15 is 0 Å². The SMILES string of the molecule is O=C(c1ccc(Br)c(C(F)F)c1)N1CCCC(C(F)(F)F)C1. The van der Waals surface area contributed by atoms with Crippen molar-refractivity contribution in [2.24, 2.45) is 5.92 Å². The van der Waals surface area contributed by atoms with Gasteiger partial charge in [0.05, 0.1) is 5.92 Å². The molecule has 1 saturated heterocycles. The summed E-state index contributed by atoms with van der Waals surface area (Å²) < 4.78 is 64.1. The number of likely N-dealkylation sites (tertiary alicyclic amines) is 1. The van der Waals surface area contributed by atoms with Crippen LogP contribution >= 0.6 is 15.9 Å². The molecule has 1 fully saturated rings. The fraction of sp³-hybridized carbons (Fsp3) is 0.500. The number of benzene rings is 1. The first-order chi connectivity index (χ1) is 10.2. The molecule has 1 atom stereocenters. The standard InChI is InChI=1S/C14H13BrF5NO/c15-11-4-3-8(6-10(11)12(16)17)13(22)21-5-1-2-9(7-21)14(18,19)20/h3-4,6,9,12H,1-2,5,7H2. The molecule has 1 aromatic carbocycles. The molecule has 0 aliphatic carbocycles. The number of alkyl halides is 5. The predicted octanol–water partition coefficient (Wildman–Crippen LogP) is 4.80. The molecule has 22 heavy (non-hydrogen) atoms. The minimum Gasteiger partial charge on any atom is -0.338 e. The second kappa shape index (κ2) is 6.52. The van der Waals surface area contributed by atoms with Gasteiger partial charge in [-0.25, -0.2) is 8.78 Å². The maximum atomic E-state index is 12.8. The highest BCUT2D eigenvalue weighted by Gasteiger charge is 2.42. The fourth-order valence-electron chi connectivity index (χ4n) is 2.46. The molecular weight excluding hydrogens is 373 g/mol. The molecule has 1 aliphatic rings. The smallest absolute Gasteiger partial charge is 0.338 e. The van der Waals surface area contributed by atoms with E-state index in [4.69, 9.17) is 0 Å². The van der Waals surface area contributed by atoms with Gasteiger partial charge in [-0.2, -0.15) is 13.2 Å². The van der Waals surface area contributed by atoms with E-state index in [2.05, 4.69) is 15.9 Å². The summed E-state index contributed by atoms with van der Waals surface area (Å²) in [6, 6.07) is 3.66. The van der Waals surface area contributed by atoms with Gasteiger partial charge in [0.15, 0.2) is 0 Å². The summed E-state index contributed by atoms with van der Waals surface area (Å²) in [5.74, 6) is -2.21. The van der Waals surface area contributed by atoms with Crippen LogP contribution in [-0.4, -0.2) is 30.1 Å². The van der Waals surface area contributed by atoms with Crippen molar-refractivity contribution >= 4 is 21.8 Å². The molecular formula is C14H13BrF5NO. The van der Waals surface area contributed by atoms with Gasteiger partial charge in [0.2, 0.25) is 0 Å². The van der Waals surface area contributed by atoms with Gasteiger partial charge in [-0.15, -0.1) is 0 Å². The van der Waals surface area contributed by atoms with Crippen LogP contribution in [0.25, 0.3) is 0 Å². The third-order valence-corrected chi connectivity index (χ3v) is 4.37. The zero-order chi connectivity index (χ0) is 16.5. The van der Waals surface area contributed by atoms with Crippen LogP contribution in [0.1, 0.15) is 35.2 Å². The third-order valence-electron chi connectivity index (χ3n) is 3.65. The number of amides is 1. The van der Waals surface area contributed by atoms with Crippen LogP contribution in [0.4, 0.5) is 22.0 Å². The molecule has 1 aromatic rings. The number of nitrogens with zero attached hydrogens (tertiary/aromatic N) is 1. The van der Waals surface area contributed by atoms with Crippen LogP contribution < -0.4 is 0 Å². The van der Waals surface area contributed by atoms with Gasteiger partial charge >= 0.3 is 6.18 Å². The number of hydrogen-bond acceptors (Lipinski definition) is 1. The Balaban J connectivity index is 2.19. The monoisotopic (exact) mass is 385 g/mol. The molecule has 0 N–H and O–H groups in total. The molecule has 0 spiro atoms. The summed E-state index contributed by atoms with van der Waals surface area (Å²) in [5.41, 5.74) is -0.378. The summed E-state index contributed by atoms with van der Waals surface area (Å²) in [5, 5.41) is 0. The van der Waals surface area contributed by atoms with E-state index in [9.17, 15) is 26.7 Å². The Bertz CT molecular complexity index is 561. The molecule has 0 radical (unpaired) electrons.